The molecule has 0 spiro atoms. The summed E-state index contributed by atoms with van der Waals surface area (Å²) in [6.07, 6.45) is 4.89. The van der Waals surface area contributed by atoms with Gasteiger partial charge in [0.2, 0.25) is 0 Å². The van der Waals surface area contributed by atoms with Gasteiger partial charge in [-0.25, -0.2) is 0 Å². The molecule has 1 N–H and O–H groups in total. The van der Waals surface area contributed by atoms with Gasteiger partial charge in [0, 0.05) is 12.5 Å². The van der Waals surface area contributed by atoms with Crippen LogP contribution in [-0.2, 0) is 11.3 Å². The second kappa shape index (κ2) is 6.04. The number of nitrogens with one attached hydrogen (secondary N) is 1. The van der Waals surface area contributed by atoms with Crippen LogP contribution in [0.5, 0.6) is 0 Å². The van der Waals surface area contributed by atoms with Gasteiger partial charge in [0.15, 0.2) is 0 Å². The number of ether oxygens (including phenoxy) is 1. The molecule has 1 aromatic carbocycles. The summed E-state index contributed by atoms with van der Waals surface area (Å²) < 4.78 is 11.3. The van der Waals surface area contributed by atoms with Crippen LogP contribution >= 0.6 is 0 Å². The molecule has 2 atom stereocenters. The summed E-state index contributed by atoms with van der Waals surface area (Å²) in [5.41, 5.74) is 2.47. The van der Waals surface area contributed by atoms with Gasteiger partial charge in [0.05, 0.1) is 25.2 Å². The van der Waals surface area contributed by atoms with Gasteiger partial charge in [-0.2, -0.15) is 0 Å². The van der Waals surface area contributed by atoms with E-state index in [1.165, 1.54) is 11.1 Å². The van der Waals surface area contributed by atoms with E-state index in [0.29, 0.717) is 12.5 Å². The van der Waals surface area contributed by atoms with Gasteiger partial charge < -0.3 is 14.5 Å². The molecule has 2 heterocycles. The molecule has 0 amide bonds. The molecule has 100 valence electrons. The maximum absolute atomic E-state index is 6.10. The Bertz CT molecular complexity index is 481. The number of piperidine rings is 1. The lowest BCUT2D eigenvalue weighted by Crippen LogP contribution is -2.40. The normalized spacial score (nSPS) is 23.4. The summed E-state index contributed by atoms with van der Waals surface area (Å²) in [6, 6.07) is 12.4. The first-order chi connectivity index (χ1) is 9.43. The van der Waals surface area contributed by atoms with Crippen LogP contribution < -0.4 is 5.32 Å². The van der Waals surface area contributed by atoms with Gasteiger partial charge in [-0.3, -0.25) is 0 Å². The molecular weight excluding hydrogens is 238 g/mol. The summed E-state index contributed by atoms with van der Waals surface area (Å²) in [5.74, 6) is 0.434. The average molecular weight is 257 g/mol. The maximum Gasteiger partial charge on any atom is 0.0938 e. The largest absolute Gasteiger partial charge is 0.472 e. The van der Waals surface area contributed by atoms with E-state index in [9.17, 15) is 0 Å². The first kappa shape index (κ1) is 12.5. The van der Waals surface area contributed by atoms with Crippen molar-refractivity contribution in [2.75, 3.05) is 13.1 Å². The molecule has 2 aromatic rings. The zero-order valence-electron chi connectivity index (χ0n) is 10.9. The topological polar surface area (TPSA) is 34.4 Å². The van der Waals surface area contributed by atoms with E-state index in [2.05, 4.69) is 23.5 Å². The SMILES string of the molecule is c1ccc(CO[C@@H]2CNCC[C@@H]2c2ccoc2)cc1. The van der Waals surface area contributed by atoms with E-state index in [1.54, 1.807) is 6.26 Å². The van der Waals surface area contributed by atoms with Gasteiger partial charge in [-0.1, -0.05) is 30.3 Å². The third-order valence-electron chi connectivity index (χ3n) is 3.70. The minimum absolute atomic E-state index is 0.214. The fraction of sp³-hybridized carbons (Fsp3) is 0.375. The van der Waals surface area contributed by atoms with E-state index < -0.39 is 0 Å². The highest BCUT2D eigenvalue weighted by Crippen LogP contribution is 2.28. The number of hydrogen-bond acceptors (Lipinski definition) is 3. The van der Waals surface area contributed by atoms with E-state index in [0.717, 1.165) is 19.5 Å². The van der Waals surface area contributed by atoms with Crippen LogP contribution in [0.4, 0.5) is 0 Å². The number of furan rings is 1. The Morgan fingerprint density at radius 2 is 2.11 bits per heavy atom. The molecule has 1 saturated heterocycles. The van der Waals surface area contributed by atoms with Crippen molar-refractivity contribution in [3.63, 3.8) is 0 Å². The Balaban J connectivity index is 1.64. The second-order valence-corrected chi connectivity index (χ2v) is 4.99. The van der Waals surface area contributed by atoms with Crippen molar-refractivity contribution in [1.82, 2.24) is 5.32 Å². The molecular formula is C16H19NO2. The number of benzene rings is 1. The highest BCUT2D eigenvalue weighted by Gasteiger charge is 2.27. The van der Waals surface area contributed by atoms with Crippen molar-refractivity contribution in [2.45, 2.75) is 25.0 Å². The van der Waals surface area contributed by atoms with E-state index >= 15 is 0 Å². The Kier molecular flexibility index (Phi) is 3.96. The lowest BCUT2D eigenvalue weighted by atomic mass is 9.89. The van der Waals surface area contributed by atoms with Crippen LogP contribution in [0.1, 0.15) is 23.5 Å². The standard InChI is InChI=1S/C16H19NO2/c1-2-4-13(5-3-1)11-19-16-10-17-8-6-15(16)14-7-9-18-12-14/h1-5,7,9,12,15-17H,6,8,10-11H2/t15-,16-/m1/s1. The minimum atomic E-state index is 0.214. The summed E-state index contributed by atoms with van der Waals surface area (Å²) in [7, 11) is 0. The quantitative estimate of drug-likeness (QED) is 0.914. The average Bonchev–Trinajstić information content (AvgIpc) is 3.01. The third kappa shape index (κ3) is 3.06. The molecule has 1 aliphatic heterocycles. The molecule has 3 rings (SSSR count). The van der Waals surface area contributed by atoms with Gasteiger partial charge in [-0.15, -0.1) is 0 Å². The fourth-order valence-electron chi connectivity index (χ4n) is 2.65. The summed E-state index contributed by atoms with van der Waals surface area (Å²) in [4.78, 5) is 0. The van der Waals surface area contributed by atoms with Crippen LogP contribution in [0.3, 0.4) is 0 Å². The number of rotatable bonds is 4. The smallest absolute Gasteiger partial charge is 0.0938 e. The Morgan fingerprint density at radius 3 is 2.89 bits per heavy atom. The van der Waals surface area contributed by atoms with E-state index in [4.69, 9.17) is 9.15 Å². The Labute approximate surface area is 113 Å². The first-order valence-electron chi connectivity index (χ1n) is 6.82. The zero-order chi connectivity index (χ0) is 12.9. The molecule has 0 radical (unpaired) electrons. The third-order valence-corrected chi connectivity index (χ3v) is 3.70. The molecule has 0 saturated carbocycles. The first-order valence-corrected chi connectivity index (χ1v) is 6.82. The Morgan fingerprint density at radius 1 is 1.21 bits per heavy atom. The summed E-state index contributed by atoms with van der Waals surface area (Å²) >= 11 is 0. The highest BCUT2D eigenvalue weighted by atomic mass is 16.5. The van der Waals surface area contributed by atoms with E-state index in [1.807, 2.05) is 24.5 Å². The van der Waals surface area contributed by atoms with Crippen LogP contribution in [-0.4, -0.2) is 19.2 Å². The summed E-state index contributed by atoms with van der Waals surface area (Å²) in [5, 5.41) is 3.41. The van der Waals surface area contributed by atoms with E-state index in [-0.39, 0.29) is 6.10 Å². The lowest BCUT2D eigenvalue weighted by molar-refractivity contribution is 0.0105. The van der Waals surface area contributed by atoms with Crippen LogP contribution in [0.25, 0.3) is 0 Å². The van der Waals surface area contributed by atoms with Crippen LogP contribution in [0, 0.1) is 0 Å². The van der Waals surface area contributed by atoms with Crippen molar-refractivity contribution < 1.29 is 9.15 Å². The van der Waals surface area contributed by atoms with Crippen molar-refractivity contribution in [2.24, 2.45) is 0 Å². The van der Waals surface area contributed by atoms with Crippen molar-refractivity contribution in [3.8, 4) is 0 Å². The molecule has 1 fully saturated rings. The van der Waals surface area contributed by atoms with Gasteiger partial charge in [0.25, 0.3) is 0 Å². The molecule has 0 aliphatic carbocycles. The summed E-state index contributed by atoms with van der Waals surface area (Å²) in [6.45, 7) is 2.62. The minimum Gasteiger partial charge on any atom is -0.472 e. The fourth-order valence-corrected chi connectivity index (χ4v) is 2.65. The van der Waals surface area contributed by atoms with Gasteiger partial charge in [-0.05, 0) is 30.2 Å². The van der Waals surface area contributed by atoms with Crippen LogP contribution in [0.15, 0.2) is 53.3 Å². The molecule has 3 nitrogen and oxygen atoms in total. The zero-order valence-corrected chi connectivity index (χ0v) is 10.9. The van der Waals surface area contributed by atoms with Gasteiger partial charge in [0.1, 0.15) is 0 Å². The molecule has 0 bridgehead atoms. The monoisotopic (exact) mass is 257 g/mol. The maximum atomic E-state index is 6.10. The highest BCUT2D eigenvalue weighted by molar-refractivity contribution is 5.17. The molecule has 3 heteroatoms. The molecule has 0 unspecified atom stereocenters. The lowest BCUT2D eigenvalue weighted by Gasteiger charge is -2.31. The van der Waals surface area contributed by atoms with Crippen molar-refractivity contribution in [3.05, 3.63) is 60.1 Å². The molecule has 1 aliphatic rings. The predicted octanol–water partition coefficient (Wildman–Crippen LogP) is 2.94. The molecule has 19 heavy (non-hydrogen) atoms. The number of hydrogen-bond donors (Lipinski definition) is 1. The molecule has 1 aromatic heterocycles. The van der Waals surface area contributed by atoms with Crippen molar-refractivity contribution in [1.29, 1.82) is 0 Å². The van der Waals surface area contributed by atoms with Crippen LogP contribution in [0.2, 0.25) is 0 Å². The van der Waals surface area contributed by atoms with Crippen molar-refractivity contribution >= 4 is 0 Å². The van der Waals surface area contributed by atoms with Gasteiger partial charge >= 0.3 is 0 Å². The Hall–Kier alpha value is -1.58. The second-order valence-electron chi connectivity index (χ2n) is 4.99. The predicted molar refractivity (Wildman–Crippen MR) is 74.0 cm³/mol.